The van der Waals surface area contributed by atoms with Crippen LogP contribution in [0, 0.1) is 6.92 Å². The lowest BCUT2D eigenvalue weighted by Gasteiger charge is -2.13. The number of nitrogens with zero attached hydrogens (tertiary/aromatic N) is 1. The van der Waals surface area contributed by atoms with Crippen molar-refractivity contribution in [3.63, 3.8) is 0 Å². The number of benzene rings is 2. The Morgan fingerprint density at radius 3 is 2.83 bits per heavy atom. The van der Waals surface area contributed by atoms with Crippen LogP contribution in [0.15, 0.2) is 42.6 Å². The normalized spacial score (nSPS) is 15.4. The van der Waals surface area contributed by atoms with Crippen molar-refractivity contribution in [1.82, 2.24) is 10.3 Å². The molecule has 0 spiro atoms. The Hall–Kier alpha value is -2.66. The molecule has 150 valence electrons. The van der Waals surface area contributed by atoms with Gasteiger partial charge in [-0.05, 0) is 74.1 Å². The Kier molecular flexibility index (Phi) is 5.41. The second kappa shape index (κ2) is 7.99. The summed E-state index contributed by atoms with van der Waals surface area (Å²) in [6.07, 6.45) is 4.06. The van der Waals surface area contributed by atoms with Gasteiger partial charge in [0.25, 0.3) is 0 Å². The van der Waals surface area contributed by atoms with Crippen molar-refractivity contribution >= 4 is 17.2 Å². The molecule has 0 saturated carbocycles. The summed E-state index contributed by atoms with van der Waals surface area (Å²) < 4.78 is 5.85. The Morgan fingerprint density at radius 2 is 2.10 bits per heavy atom. The molecular formula is C24H26N2O2S. The van der Waals surface area contributed by atoms with Gasteiger partial charge in [0.2, 0.25) is 5.91 Å². The molecule has 1 aliphatic carbocycles. The average molecular weight is 407 g/mol. The maximum atomic E-state index is 11.5. The maximum Gasteiger partial charge on any atom is 0.217 e. The zero-order chi connectivity index (χ0) is 20.5. The number of carbonyl (C=O) groups excluding carboxylic acids is 1. The van der Waals surface area contributed by atoms with E-state index in [1.807, 2.05) is 26.1 Å². The molecule has 1 atom stereocenters. The standard InChI is InChI=1S/C24H26N2O2S/c1-14(2)28-22-11-8-17(12-15(22)3)24-25-13-23(29-24)20-7-5-6-19-18(20)9-10-21(19)26-16(4)27/h5-8,11-14,21H,9-10H2,1-4H3,(H,26,27). The Balaban J connectivity index is 1.63. The fourth-order valence-corrected chi connectivity index (χ4v) is 4.95. The Morgan fingerprint density at radius 1 is 1.28 bits per heavy atom. The average Bonchev–Trinajstić information content (AvgIpc) is 3.30. The van der Waals surface area contributed by atoms with Crippen LogP contribution in [0.2, 0.25) is 0 Å². The quantitative estimate of drug-likeness (QED) is 0.592. The lowest BCUT2D eigenvalue weighted by Crippen LogP contribution is -2.24. The third-order valence-electron chi connectivity index (χ3n) is 5.20. The van der Waals surface area contributed by atoms with Gasteiger partial charge in [0.15, 0.2) is 0 Å². The highest BCUT2D eigenvalue weighted by Crippen LogP contribution is 2.41. The van der Waals surface area contributed by atoms with Gasteiger partial charge in [-0.1, -0.05) is 18.2 Å². The molecule has 5 heteroatoms. The third kappa shape index (κ3) is 4.06. The van der Waals surface area contributed by atoms with Gasteiger partial charge in [-0.15, -0.1) is 11.3 Å². The number of rotatable bonds is 5. The minimum absolute atomic E-state index is 0.0218. The maximum absolute atomic E-state index is 11.5. The number of amides is 1. The molecule has 3 aromatic rings. The van der Waals surface area contributed by atoms with Crippen LogP contribution in [0.4, 0.5) is 0 Å². The first-order valence-corrected chi connectivity index (χ1v) is 10.9. The Bertz CT molecular complexity index is 1050. The van der Waals surface area contributed by atoms with Crippen molar-refractivity contribution in [3.05, 3.63) is 59.3 Å². The molecule has 0 aliphatic heterocycles. The number of nitrogens with one attached hydrogen (secondary N) is 1. The van der Waals surface area contributed by atoms with Gasteiger partial charge in [0, 0.05) is 18.7 Å². The number of hydrogen-bond donors (Lipinski definition) is 1. The number of carbonyl (C=O) groups is 1. The van der Waals surface area contributed by atoms with Crippen LogP contribution < -0.4 is 10.1 Å². The fourth-order valence-electron chi connectivity index (χ4n) is 3.98. The fraction of sp³-hybridized carbons (Fsp3) is 0.333. The van der Waals surface area contributed by atoms with Crippen molar-refractivity contribution in [2.75, 3.05) is 0 Å². The van der Waals surface area contributed by atoms with Gasteiger partial charge in [-0.2, -0.15) is 0 Å². The highest BCUT2D eigenvalue weighted by atomic mass is 32.1. The van der Waals surface area contributed by atoms with E-state index >= 15 is 0 Å². The third-order valence-corrected chi connectivity index (χ3v) is 6.28. The molecule has 2 aromatic carbocycles. The van der Waals surface area contributed by atoms with Gasteiger partial charge in [0.1, 0.15) is 10.8 Å². The molecular weight excluding hydrogens is 380 g/mol. The summed E-state index contributed by atoms with van der Waals surface area (Å²) >= 11 is 1.71. The van der Waals surface area contributed by atoms with E-state index in [2.05, 4.69) is 42.6 Å². The topological polar surface area (TPSA) is 51.2 Å². The Labute approximate surface area is 176 Å². The minimum atomic E-state index is 0.0218. The van der Waals surface area contributed by atoms with E-state index in [1.165, 1.54) is 21.6 Å². The van der Waals surface area contributed by atoms with Crippen LogP contribution in [0.25, 0.3) is 21.0 Å². The first-order chi connectivity index (χ1) is 13.9. The van der Waals surface area contributed by atoms with E-state index < -0.39 is 0 Å². The molecule has 1 aromatic heterocycles. The molecule has 0 bridgehead atoms. The van der Waals surface area contributed by atoms with Crippen molar-refractivity contribution in [2.45, 2.75) is 52.7 Å². The van der Waals surface area contributed by atoms with E-state index in [1.54, 1.807) is 18.3 Å². The first-order valence-electron chi connectivity index (χ1n) is 10.0. The van der Waals surface area contributed by atoms with Gasteiger partial charge < -0.3 is 10.1 Å². The van der Waals surface area contributed by atoms with Crippen LogP contribution >= 0.6 is 11.3 Å². The molecule has 4 rings (SSSR count). The minimum Gasteiger partial charge on any atom is -0.491 e. The summed E-state index contributed by atoms with van der Waals surface area (Å²) in [6.45, 7) is 7.73. The van der Waals surface area contributed by atoms with Gasteiger partial charge in [0.05, 0.1) is 17.0 Å². The van der Waals surface area contributed by atoms with Crippen molar-refractivity contribution in [3.8, 4) is 26.8 Å². The van der Waals surface area contributed by atoms with Crippen LogP contribution in [0.5, 0.6) is 5.75 Å². The first kappa shape index (κ1) is 19.6. The van der Waals surface area contributed by atoms with Crippen LogP contribution in [0.1, 0.15) is 49.9 Å². The van der Waals surface area contributed by atoms with Crippen LogP contribution in [0.3, 0.4) is 0 Å². The summed E-state index contributed by atoms with van der Waals surface area (Å²) in [5.74, 6) is 0.944. The molecule has 1 unspecified atom stereocenters. The van der Waals surface area contributed by atoms with Gasteiger partial charge in [-0.3, -0.25) is 4.79 Å². The lowest BCUT2D eigenvalue weighted by atomic mass is 10.0. The molecule has 4 nitrogen and oxygen atoms in total. The predicted octanol–water partition coefficient (Wildman–Crippen LogP) is 5.70. The second-order valence-corrected chi connectivity index (χ2v) is 8.87. The molecule has 1 N–H and O–H groups in total. The van der Waals surface area contributed by atoms with E-state index in [0.29, 0.717) is 0 Å². The molecule has 1 heterocycles. The van der Waals surface area contributed by atoms with E-state index in [9.17, 15) is 4.79 Å². The molecule has 1 aliphatic rings. The van der Waals surface area contributed by atoms with E-state index in [-0.39, 0.29) is 18.1 Å². The molecule has 0 saturated heterocycles. The second-order valence-electron chi connectivity index (χ2n) is 7.84. The zero-order valence-corrected chi connectivity index (χ0v) is 18.1. The SMILES string of the molecule is CC(=O)NC1CCc2c(-c3cnc(-c4ccc(OC(C)C)c(C)c4)s3)cccc21. The number of thiazole rings is 1. The monoisotopic (exact) mass is 406 g/mol. The summed E-state index contributed by atoms with van der Waals surface area (Å²) in [6, 6.07) is 12.7. The van der Waals surface area contributed by atoms with E-state index in [4.69, 9.17) is 9.72 Å². The summed E-state index contributed by atoms with van der Waals surface area (Å²) in [4.78, 5) is 17.4. The number of hydrogen-bond acceptors (Lipinski definition) is 4. The predicted molar refractivity (Wildman–Crippen MR) is 118 cm³/mol. The number of ether oxygens (including phenoxy) is 1. The molecule has 1 amide bonds. The van der Waals surface area contributed by atoms with Crippen molar-refractivity contribution in [2.24, 2.45) is 0 Å². The summed E-state index contributed by atoms with van der Waals surface area (Å²) in [5, 5.41) is 4.08. The van der Waals surface area contributed by atoms with Gasteiger partial charge >= 0.3 is 0 Å². The smallest absolute Gasteiger partial charge is 0.217 e. The molecule has 0 radical (unpaired) electrons. The summed E-state index contributed by atoms with van der Waals surface area (Å²) in [7, 11) is 0. The lowest BCUT2D eigenvalue weighted by molar-refractivity contribution is -0.119. The van der Waals surface area contributed by atoms with Crippen LogP contribution in [-0.2, 0) is 11.2 Å². The van der Waals surface area contributed by atoms with Crippen molar-refractivity contribution in [1.29, 1.82) is 0 Å². The van der Waals surface area contributed by atoms with Crippen molar-refractivity contribution < 1.29 is 9.53 Å². The van der Waals surface area contributed by atoms with Gasteiger partial charge in [-0.25, -0.2) is 4.98 Å². The number of aryl methyl sites for hydroxylation is 1. The van der Waals surface area contributed by atoms with E-state index in [0.717, 1.165) is 34.7 Å². The molecule has 0 fully saturated rings. The largest absolute Gasteiger partial charge is 0.491 e. The number of fused-ring (bicyclic) bond motifs is 1. The van der Waals surface area contributed by atoms with Crippen LogP contribution in [-0.4, -0.2) is 17.0 Å². The molecule has 29 heavy (non-hydrogen) atoms. The number of aromatic nitrogens is 1. The zero-order valence-electron chi connectivity index (χ0n) is 17.3. The highest BCUT2D eigenvalue weighted by molar-refractivity contribution is 7.18. The highest BCUT2D eigenvalue weighted by Gasteiger charge is 2.26. The summed E-state index contributed by atoms with van der Waals surface area (Å²) in [5.41, 5.74) is 6.03.